The van der Waals surface area contributed by atoms with Gasteiger partial charge in [0.05, 0.1) is 7.11 Å². The van der Waals surface area contributed by atoms with E-state index in [1.165, 1.54) is 24.4 Å². The smallest absolute Gasteiger partial charge is 0.343 e. The molecule has 0 saturated carbocycles. The molecule has 0 aliphatic rings. The Labute approximate surface area is 117 Å². The first kappa shape index (κ1) is 14.0. The number of carbonyl (C=O) groups excluding carboxylic acids is 1. The van der Waals surface area contributed by atoms with E-state index in [1.807, 2.05) is 13.8 Å². The first-order chi connectivity index (χ1) is 9.49. The fourth-order valence-corrected chi connectivity index (χ4v) is 2.14. The van der Waals surface area contributed by atoms with Gasteiger partial charge < -0.3 is 10.5 Å². The molecule has 2 aromatic rings. The van der Waals surface area contributed by atoms with Gasteiger partial charge in [-0.15, -0.1) is 0 Å². The van der Waals surface area contributed by atoms with Gasteiger partial charge in [-0.25, -0.2) is 14.8 Å². The molecule has 0 atom stereocenters. The summed E-state index contributed by atoms with van der Waals surface area (Å²) in [6, 6.07) is 6.28. The highest BCUT2D eigenvalue weighted by atomic mass is 16.5. The van der Waals surface area contributed by atoms with Crippen molar-refractivity contribution in [2.75, 3.05) is 12.8 Å². The van der Waals surface area contributed by atoms with Crippen molar-refractivity contribution < 1.29 is 9.53 Å². The molecule has 0 radical (unpaired) electrons. The molecule has 1 aromatic heterocycles. The molecule has 0 saturated heterocycles. The van der Waals surface area contributed by atoms with E-state index >= 15 is 0 Å². The molecular formula is C15H17N3O2. The van der Waals surface area contributed by atoms with Crippen LogP contribution in [0.15, 0.2) is 24.4 Å². The number of rotatable bonds is 3. The van der Waals surface area contributed by atoms with Crippen molar-refractivity contribution in [3.05, 3.63) is 52.5 Å². The summed E-state index contributed by atoms with van der Waals surface area (Å²) in [4.78, 5) is 19.7. The zero-order valence-corrected chi connectivity index (χ0v) is 11.8. The number of benzene rings is 1. The molecule has 5 nitrogen and oxygen atoms in total. The van der Waals surface area contributed by atoms with Crippen molar-refractivity contribution in [1.29, 1.82) is 0 Å². The Bertz CT molecular complexity index is 633. The van der Waals surface area contributed by atoms with Crippen LogP contribution in [0.2, 0.25) is 0 Å². The molecule has 0 spiro atoms. The van der Waals surface area contributed by atoms with Crippen LogP contribution in [-0.2, 0) is 11.2 Å². The topological polar surface area (TPSA) is 78.1 Å². The minimum Gasteiger partial charge on any atom is -0.465 e. The molecule has 0 amide bonds. The van der Waals surface area contributed by atoms with Crippen LogP contribution in [0.5, 0.6) is 0 Å². The monoisotopic (exact) mass is 271 g/mol. The number of aryl methyl sites for hydroxylation is 2. The number of anilines is 1. The first-order valence-corrected chi connectivity index (χ1v) is 6.26. The van der Waals surface area contributed by atoms with Crippen LogP contribution in [-0.4, -0.2) is 23.0 Å². The Kier molecular flexibility index (Phi) is 3.98. The first-order valence-electron chi connectivity index (χ1n) is 6.26. The maximum Gasteiger partial charge on any atom is 0.343 e. The minimum atomic E-state index is -0.527. The van der Waals surface area contributed by atoms with Crippen molar-refractivity contribution in [1.82, 2.24) is 9.97 Å². The van der Waals surface area contributed by atoms with Crippen LogP contribution >= 0.6 is 0 Å². The van der Waals surface area contributed by atoms with E-state index < -0.39 is 5.97 Å². The van der Waals surface area contributed by atoms with E-state index in [1.54, 1.807) is 0 Å². The third-order valence-electron chi connectivity index (χ3n) is 2.92. The lowest BCUT2D eigenvalue weighted by molar-refractivity contribution is 0.0601. The standard InChI is InChI=1S/C15H17N3O2/c1-9-4-10(2)6-11(5-9)7-13-17-8-12(14(16)18-13)15(19)20-3/h4-6,8H,7H2,1-3H3,(H2,16,17,18). The Morgan fingerprint density at radius 2 is 1.90 bits per heavy atom. The molecule has 20 heavy (non-hydrogen) atoms. The molecule has 104 valence electrons. The van der Waals surface area contributed by atoms with E-state index in [0.29, 0.717) is 12.2 Å². The number of aromatic nitrogens is 2. The predicted molar refractivity (Wildman–Crippen MR) is 76.5 cm³/mol. The van der Waals surface area contributed by atoms with Crippen molar-refractivity contribution in [2.45, 2.75) is 20.3 Å². The predicted octanol–water partition coefficient (Wildman–Crippen LogP) is 2.05. The number of esters is 1. The van der Waals surface area contributed by atoms with Gasteiger partial charge in [-0.1, -0.05) is 29.3 Å². The van der Waals surface area contributed by atoms with Crippen molar-refractivity contribution in [2.24, 2.45) is 0 Å². The van der Waals surface area contributed by atoms with Crippen molar-refractivity contribution >= 4 is 11.8 Å². The van der Waals surface area contributed by atoms with E-state index in [-0.39, 0.29) is 11.4 Å². The van der Waals surface area contributed by atoms with Crippen LogP contribution in [0.1, 0.15) is 32.9 Å². The average molecular weight is 271 g/mol. The van der Waals surface area contributed by atoms with Gasteiger partial charge in [0, 0.05) is 12.6 Å². The number of hydrogen-bond donors (Lipinski definition) is 1. The molecule has 0 bridgehead atoms. The van der Waals surface area contributed by atoms with Gasteiger partial charge >= 0.3 is 5.97 Å². The number of nitrogens with two attached hydrogens (primary N) is 1. The van der Waals surface area contributed by atoms with Crippen LogP contribution < -0.4 is 5.73 Å². The van der Waals surface area contributed by atoms with E-state index in [9.17, 15) is 4.79 Å². The lowest BCUT2D eigenvalue weighted by atomic mass is 10.0. The average Bonchev–Trinajstić information content (AvgIpc) is 2.36. The zero-order valence-electron chi connectivity index (χ0n) is 11.8. The van der Waals surface area contributed by atoms with Gasteiger partial charge in [0.25, 0.3) is 0 Å². The number of nitrogen functional groups attached to an aromatic ring is 1. The van der Waals surface area contributed by atoms with Crippen molar-refractivity contribution in [3.63, 3.8) is 0 Å². The molecule has 0 aliphatic heterocycles. The Morgan fingerprint density at radius 1 is 1.25 bits per heavy atom. The number of nitrogens with zero attached hydrogens (tertiary/aromatic N) is 2. The summed E-state index contributed by atoms with van der Waals surface area (Å²) in [5, 5.41) is 0. The summed E-state index contributed by atoms with van der Waals surface area (Å²) < 4.78 is 4.61. The van der Waals surface area contributed by atoms with Crippen LogP contribution in [0.25, 0.3) is 0 Å². The maximum atomic E-state index is 11.4. The summed E-state index contributed by atoms with van der Waals surface area (Å²) in [5.41, 5.74) is 9.46. The second-order valence-electron chi connectivity index (χ2n) is 4.75. The molecule has 0 aliphatic carbocycles. The second kappa shape index (κ2) is 5.69. The highest BCUT2D eigenvalue weighted by Crippen LogP contribution is 2.14. The van der Waals surface area contributed by atoms with E-state index in [2.05, 4.69) is 32.9 Å². The fourth-order valence-electron chi connectivity index (χ4n) is 2.14. The Morgan fingerprint density at radius 3 is 2.45 bits per heavy atom. The largest absolute Gasteiger partial charge is 0.465 e. The molecular weight excluding hydrogens is 254 g/mol. The normalized spacial score (nSPS) is 10.3. The minimum absolute atomic E-state index is 0.145. The lowest BCUT2D eigenvalue weighted by Gasteiger charge is -2.07. The second-order valence-corrected chi connectivity index (χ2v) is 4.75. The summed E-state index contributed by atoms with van der Waals surface area (Å²) in [6.07, 6.45) is 1.99. The van der Waals surface area contributed by atoms with Crippen LogP contribution in [0, 0.1) is 13.8 Å². The summed E-state index contributed by atoms with van der Waals surface area (Å²) >= 11 is 0. The molecule has 2 N–H and O–H groups in total. The van der Waals surface area contributed by atoms with Gasteiger partial charge in [-0.3, -0.25) is 0 Å². The van der Waals surface area contributed by atoms with Gasteiger partial charge in [-0.2, -0.15) is 0 Å². The lowest BCUT2D eigenvalue weighted by Crippen LogP contribution is -2.10. The molecule has 5 heteroatoms. The summed E-state index contributed by atoms with van der Waals surface area (Å²) in [6.45, 7) is 4.10. The summed E-state index contributed by atoms with van der Waals surface area (Å²) in [5.74, 6) is 0.201. The van der Waals surface area contributed by atoms with Gasteiger partial charge in [0.1, 0.15) is 17.2 Å². The molecule has 2 rings (SSSR count). The zero-order chi connectivity index (χ0) is 14.7. The third-order valence-corrected chi connectivity index (χ3v) is 2.92. The number of hydrogen-bond acceptors (Lipinski definition) is 5. The van der Waals surface area contributed by atoms with Gasteiger partial charge in [-0.05, 0) is 19.4 Å². The maximum absolute atomic E-state index is 11.4. The van der Waals surface area contributed by atoms with E-state index in [0.717, 1.165) is 5.56 Å². The molecule has 1 aromatic carbocycles. The third kappa shape index (κ3) is 3.12. The SMILES string of the molecule is COC(=O)c1cnc(Cc2cc(C)cc(C)c2)nc1N. The van der Waals surface area contributed by atoms with E-state index in [4.69, 9.17) is 5.73 Å². The quantitative estimate of drug-likeness (QED) is 0.864. The highest BCUT2D eigenvalue weighted by molar-refractivity contribution is 5.93. The van der Waals surface area contributed by atoms with Gasteiger partial charge in [0.2, 0.25) is 0 Å². The van der Waals surface area contributed by atoms with Crippen LogP contribution in [0.4, 0.5) is 5.82 Å². The molecule has 1 heterocycles. The molecule has 0 unspecified atom stereocenters. The number of carbonyl (C=O) groups is 1. The number of ether oxygens (including phenoxy) is 1. The van der Waals surface area contributed by atoms with Gasteiger partial charge in [0.15, 0.2) is 0 Å². The number of methoxy groups -OCH3 is 1. The highest BCUT2D eigenvalue weighted by Gasteiger charge is 2.13. The summed E-state index contributed by atoms with van der Waals surface area (Å²) in [7, 11) is 1.30. The van der Waals surface area contributed by atoms with Crippen molar-refractivity contribution in [3.8, 4) is 0 Å². The molecule has 0 fully saturated rings. The fraction of sp³-hybridized carbons (Fsp3) is 0.267. The Hall–Kier alpha value is -2.43. The Balaban J connectivity index is 2.26. The van der Waals surface area contributed by atoms with Crippen LogP contribution in [0.3, 0.4) is 0 Å².